The summed E-state index contributed by atoms with van der Waals surface area (Å²) in [6.45, 7) is 11.6. The second-order valence-corrected chi connectivity index (χ2v) is 11.4. The zero-order valence-corrected chi connectivity index (χ0v) is 18.6. The van der Waals surface area contributed by atoms with Gasteiger partial charge in [0.15, 0.2) is 0 Å². The van der Waals surface area contributed by atoms with Crippen molar-refractivity contribution in [3.8, 4) is 0 Å². The van der Waals surface area contributed by atoms with E-state index in [4.69, 9.17) is 0 Å². The minimum atomic E-state index is -1.15. The first-order chi connectivity index (χ1) is 8.38. The van der Waals surface area contributed by atoms with Gasteiger partial charge in [0.05, 0.1) is 0 Å². The number of halogens is 3. The van der Waals surface area contributed by atoms with Crippen LogP contribution in [-0.4, -0.2) is 8.07 Å². The quantitative estimate of drug-likeness (QED) is 0.353. The zero-order valence-electron chi connectivity index (χ0n) is 13.8. The van der Waals surface area contributed by atoms with Crippen LogP contribution in [0.3, 0.4) is 0 Å². The summed E-state index contributed by atoms with van der Waals surface area (Å²) in [7, 11) is -1.15. The molecule has 0 amide bonds. The first-order valence-corrected chi connectivity index (χ1v) is 10.2. The summed E-state index contributed by atoms with van der Waals surface area (Å²) in [6, 6.07) is 13.6. The molecule has 0 atom stereocenters. The van der Waals surface area contributed by atoms with Crippen LogP contribution in [0, 0.1) is 13.8 Å². The predicted octanol–water partition coefficient (Wildman–Crippen LogP) is -4.83. The van der Waals surface area contributed by atoms with Gasteiger partial charge in [-0.05, 0) is 31.4 Å². The fourth-order valence-electron chi connectivity index (χ4n) is 2.29. The van der Waals surface area contributed by atoms with Crippen LogP contribution in [0.5, 0.6) is 0 Å². The van der Waals surface area contributed by atoms with Crippen molar-refractivity contribution in [3.05, 3.63) is 58.7 Å². The molecule has 22 heavy (non-hydrogen) atoms. The van der Waals surface area contributed by atoms with E-state index in [0.717, 1.165) is 6.42 Å². The molecule has 0 aliphatic rings. The largest absolute Gasteiger partial charge is 4.00 e. The van der Waals surface area contributed by atoms with Gasteiger partial charge in [-0.2, -0.15) is 17.7 Å². The van der Waals surface area contributed by atoms with E-state index < -0.39 is 8.07 Å². The van der Waals surface area contributed by atoms with E-state index in [1.807, 2.05) is 0 Å². The first-order valence-electron chi connectivity index (χ1n) is 6.69. The van der Waals surface area contributed by atoms with Crippen molar-refractivity contribution in [1.82, 2.24) is 0 Å². The van der Waals surface area contributed by atoms with Crippen molar-refractivity contribution in [1.29, 1.82) is 0 Å². The summed E-state index contributed by atoms with van der Waals surface area (Å²) < 4.78 is 0. The maximum Gasteiger partial charge on any atom is 4.00 e. The summed E-state index contributed by atoms with van der Waals surface area (Å²) in [5, 5.41) is 1.57. The Bertz CT molecular complexity index is 559. The SMILES string of the molecule is Cc1cccc(C[c-]2ccc([Si](C)(C)C)c2)c1C.[Cl-].[Cl-].[Cl-].[Ti+4]. The van der Waals surface area contributed by atoms with E-state index >= 15 is 0 Å². The Kier molecular flexibility index (Phi) is 13.6. The van der Waals surface area contributed by atoms with Crippen LogP contribution in [0.2, 0.25) is 19.6 Å². The molecule has 0 saturated carbocycles. The van der Waals surface area contributed by atoms with Gasteiger partial charge in [-0.25, -0.2) is 11.3 Å². The number of hydrogen-bond donors (Lipinski definition) is 0. The maximum absolute atomic E-state index is 2.41. The standard InChI is InChI=1S/C17H23Si.3ClH.Ti/c1-13-7-6-8-16(14(13)2)11-15-9-10-17(12-15)18(3,4)5;;;;/h6-10,12H,11H2,1-5H3;3*1H;/q-1;;;;+4/p-3. The number of aryl methyl sites for hydroxylation is 1. The summed E-state index contributed by atoms with van der Waals surface area (Å²) in [4.78, 5) is 0. The molecule has 5 heteroatoms. The molecule has 2 rings (SSSR count). The number of rotatable bonds is 3. The average molecular weight is 410 g/mol. The molecule has 0 fully saturated rings. The Morgan fingerprint density at radius 1 is 0.955 bits per heavy atom. The Hall–Kier alpha value is 0.371. The third-order valence-electron chi connectivity index (χ3n) is 3.80. The molecule has 0 aromatic heterocycles. The van der Waals surface area contributed by atoms with Crippen LogP contribution < -0.4 is 42.4 Å². The van der Waals surface area contributed by atoms with Gasteiger partial charge in [0.1, 0.15) is 0 Å². The fraction of sp³-hybridized carbons (Fsp3) is 0.353. The third-order valence-corrected chi connectivity index (χ3v) is 5.84. The molecule has 0 radical (unpaired) electrons. The van der Waals surface area contributed by atoms with Crippen molar-refractivity contribution in [2.75, 3.05) is 0 Å². The van der Waals surface area contributed by atoms with Gasteiger partial charge in [0, 0.05) is 8.07 Å². The average Bonchev–Trinajstić information content (AvgIpc) is 2.73. The van der Waals surface area contributed by atoms with Crippen LogP contribution in [0.25, 0.3) is 0 Å². The van der Waals surface area contributed by atoms with Gasteiger partial charge >= 0.3 is 21.7 Å². The topological polar surface area (TPSA) is 0 Å². The fourth-order valence-corrected chi connectivity index (χ4v) is 3.49. The molecular weight excluding hydrogens is 386 g/mol. The van der Waals surface area contributed by atoms with Gasteiger partial charge in [-0.1, -0.05) is 43.4 Å². The van der Waals surface area contributed by atoms with E-state index in [1.165, 1.54) is 22.3 Å². The van der Waals surface area contributed by atoms with Crippen molar-refractivity contribution in [2.45, 2.75) is 39.9 Å². The Morgan fingerprint density at radius 2 is 1.55 bits per heavy atom. The van der Waals surface area contributed by atoms with Crippen molar-refractivity contribution >= 4 is 13.3 Å². The van der Waals surface area contributed by atoms with E-state index in [0.29, 0.717) is 0 Å². The van der Waals surface area contributed by atoms with Crippen molar-refractivity contribution in [3.63, 3.8) is 0 Å². The van der Waals surface area contributed by atoms with Gasteiger partial charge in [0.2, 0.25) is 0 Å². The van der Waals surface area contributed by atoms with E-state index in [-0.39, 0.29) is 58.9 Å². The van der Waals surface area contributed by atoms with E-state index in [9.17, 15) is 0 Å². The first kappa shape index (κ1) is 27.2. The van der Waals surface area contributed by atoms with Gasteiger partial charge in [0.25, 0.3) is 0 Å². The molecule has 0 nitrogen and oxygen atoms in total. The number of hydrogen-bond acceptors (Lipinski definition) is 0. The second kappa shape index (κ2) is 11.0. The second-order valence-electron chi connectivity index (χ2n) is 6.29. The van der Waals surface area contributed by atoms with Crippen LogP contribution in [0.15, 0.2) is 36.4 Å². The Balaban J connectivity index is -0.000000902. The molecule has 2 aromatic carbocycles. The monoisotopic (exact) mass is 408 g/mol. The van der Waals surface area contributed by atoms with E-state index in [2.05, 4.69) is 69.9 Å². The molecular formula is C17H23Cl3SiTi. The third kappa shape index (κ3) is 6.86. The molecule has 0 saturated heterocycles. The van der Waals surface area contributed by atoms with Crippen LogP contribution in [0.1, 0.15) is 22.3 Å². The normalized spacial score (nSPS) is 9.68. The number of benzene rings is 1. The minimum absolute atomic E-state index is 0. The van der Waals surface area contributed by atoms with Crippen molar-refractivity contribution < 1.29 is 58.9 Å². The van der Waals surface area contributed by atoms with Gasteiger partial charge < -0.3 is 37.2 Å². The molecule has 0 aliphatic carbocycles. The summed E-state index contributed by atoms with van der Waals surface area (Å²) in [5.41, 5.74) is 5.75. The molecule has 0 spiro atoms. The molecule has 0 unspecified atom stereocenters. The smallest absolute Gasteiger partial charge is 1.00 e. The molecule has 0 N–H and O–H groups in total. The predicted molar refractivity (Wildman–Crippen MR) is 83.7 cm³/mol. The Labute approximate surface area is 170 Å². The van der Waals surface area contributed by atoms with Crippen LogP contribution in [0.4, 0.5) is 0 Å². The summed E-state index contributed by atoms with van der Waals surface area (Å²) in [5.74, 6) is 0. The van der Waals surface area contributed by atoms with Gasteiger partial charge in [-0.3, -0.25) is 0 Å². The van der Waals surface area contributed by atoms with Crippen LogP contribution >= 0.6 is 0 Å². The van der Waals surface area contributed by atoms with Crippen LogP contribution in [-0.2, 0) is 28.1 Å². The Morgan fingerprint density at radius 3 is 2.05 bits per heavy atom. The summed E-state index contributed by atoms with van der Waals surface area (Å²) in [6.07, 6.45) is 1.07. The molecule has 0 heterocycles. The van der Waals surface area contributed by atoms with Gasteiger partial charge in [-0.15, -0.1) is 0 Å². The molecule has 0 aliphatic heterocycles. The van der Waals surface area contributed by atoms with E-state index in [1.54, 1.807) is 5.19 Å². The summed E-state index contributed by atoms with van der Waals surface area (Å²) >= 11 is 0. The maximum atomic E-state index is 2.41. The zero-order chi connectivity index (χ0) is 13.3. The molecule has 120 valence electrons. The molecule has 0 bridgehead atoms. The van der Waals surface area contributed by atoms with Crippen molar-refractivity contribution in [2.24, 2.45) is 0 Å². The molecule has 2 aromatic rings. The minimum Gasteiger partial charge on any atom is -1.00 e.